The van der Waals surface area contributed by atoms with E-state index in [1.54, 1.807) is 31.2 Å². The molecule has 0 bridgehead atoms. The van der Waals surface area contributed by atoms with Crippen LogP contribution in [-0.2, 0) is 4.79 Å². The molecule has 1 aliphatic rings. The van der Waals surface area contributed by atoms with E-state index in [2.05, 4.69) is 42.1 Å². The van der Waals surface area contributed by atoms with Crippen LogP contribution >= 0.6 is 27.5 Å². The summed E-state index contributed by atoms with van der Waals surface area (Å²) in [6.07, 6.45) is 1.30. The lowest BCUT2D eigenvalue weighted by Crippen LogP contribution is -2.59. The number of nitrogens with zero attached hydrogens (tertiary/aromatic N) is 1. The van der Waals surface area contributed by atoms with Gasteiger partial charge in [0.05, 0.1) is 15.1 Å². The number of carbonyl (C=O) groups is 3. The lowest BCUT2D eigenvalue weighted by atomic mass is 9.91. The van der Waals surface area contributed by atoms with Crippen LogP contribution in [0.2, 0.25) is 5.02 Å². The van der Waals surface area contributed by atoms with Gasteiger partial charge in [0.25, 0.3) is 11.8 Å². The molecule has 142 valence electrons. The fourth-order valence-electron chi connectivity index (χ4n) is 2.77. The number of amides is 3. The second kappa shape index (κ2) is 7.69. The lowest BCUT2D eigenvalue weighted by Gasteiger charge is -2.33. The topological polar surface area (TPSA) is 116 Å². The van der Waals surface area contributed by atoms with Crippen LogP contribution in [0.4, 0.5) is 5.82 Å². The van der Waals surface area contributed by atoms with Gasteiger partial charge in [-0.1, -0.05) is 23.7 Å². The first-order chi connectivity index (χ1) is 12.8. The van der Waals surface area contributed by atoms with Crippen molar-refractivity contribution < 1.29 is 14.4 Å². The standard InChI is InChI=1S/C17H17BrClN5O3/c1-17(7-4-8-20-16(17)27)22-15(26)12-11(18)13(24-23-12)21-14(25)9-5-2-3-6-10(9)19/h2-3,5-6H,4,7-8H2,1H3,(H,20,27)(H,22,26)(H2,21,23,24,25). The van der Waals surface area contributed by atoms with Crippen molar-refractivity contribution in [2.24, 2.45) is 0 Å². The van der Waals surface area contributed by atoms with Crippen LogP contribution in [0.15, 0.2) is 28.7 Å². The highest BCUT2D eigenvalue weighted by molar-refractivity contribution is 9.10. The number of carbonyl (C=O) groups excluding carboxylic acids is 3. The molecule has 2 aromatic rings. The highest BCUT2D eigenvalue weighted by Gasteiger charge is 2.38. The maximum Gasteiger partial charge on any atom is 0.273 e. The average molecular weight is 455 g/mol. The van der Waals surface area contributed by atoms with E-state index in [1.807, 2.05) is 0 Å². The van der Waals surface area contributed by atoms with Crippen molar-refractivity contribution in [3.63, 3.8) is 0 Å². The zero-order chi connectivity index (χ0) is 19.6. The molecular formula is C17H17BrClN5O3. The molecule has 0 spiro atoms. The van der Waals surface area contributed by atoms with Crippen molar-refractivity contribution in [2.45, 2.75) is 25.3 Å². The van der Waals surface area contributed by atoms with Gasteiger partial charge in [-0.25, -0.2) is 0 Å². The third kappa shape index (κ3) is 3.98. The average Bonchev–Trinajstić information content (AvgIpc) is 2.98. The van der Waals surface area contributed by atoms with Crippen LogP contribution in [0, 0.1) is 0 Å². The van der Waals surface area contributed by atoms with Crippen molar-refractivity contribution in [3.8, 4) is 0 Å². The zero-order valence-electron chi connectivity index (χ0n) is 14.4. The Balaban J connectivity index is 1.75. The molecule has 27 heavy (non-hydrogen) atoms. The molecular weight excluding hydrogens is 438 g/mol. The van der Waals surface area contributed by atoms with E-state index in [0.29, 0.717) is 18.0 Å². The molecule has 3 rings (SSSR count). The van der Waals surface area contributed by atoms with E-state index in [9.17, 15) is 14.4 Å². The predicted molar refractivity (Wildman–Crippen MR) is 104 cm³/mol. The third-order valence-corrected chi connectivity index (χ3v) is 5.41. The van der Waals surface area contributed by atoms with Gasteiger partial charge in [-0.05, 0) is 47.8 Å². The quantitative estimate of drug-likeness (QED) is 0.568. The zero-order valence-corrected chi connectivity index (χ0v) is 16.7. The second-order valence-electron chi connectivity index (χ2n) is 6.34. The van der Waals surface area contributed by atoms with Gasteiger partial charge >= 0.3 is 0 Å². The van der Waals surface area contributed by atoms with Crippen LogP contribution in [-0.4, -0.2) is 40.0 Å². The predicted octanol–water partition coefficient (Wildman–Crippen LogP) is 2.48. The SMILES string of the molecule is CC1(NC(=O)c2n[nH]c(NC(=O)c3ccccc3Cl)c2Br)CCCNC1=O. The molecule has 1 aromatic heterocycles. The molecule has 2 heterocycles. The number of aromatic amines is 1. The van der Waals surface area contributed by atoms with E-state index >= 15 is 0 Å². The summed E-state index contributed by atoms with van der Waals surface area (Å²) in [6, 6.07) is 6.60. The van der Waals surface area contributed by atoms with Crippen molar-refractivity contribution in [1.29, 1.82) is 0 Å². The molecule has 3 amide bonds. The van der Waals surface area contributed by atoms with Gasteiger partial charge in [-0.3, -0.25) is 19.5 Å². The van der Waals surface area contributed by atoms with Gasteiger partial charge in [0, 0.05) is 6.54 Å². The summed E-state index contributed by atoms with van der Waals surface area (Å²) < 4.78 is 0.278. The Kier molecular flexibility index (Phi) is 5.52. The molecule has 0 saturated carbocycles. The van der Waals surface area contributed by atoms with Crippen molar-refractivity contribution >= 4 is 51.1 Å². The molecule has 1 fully saturated rings. The monoisotopic (exact) mass is 453 g/mol. The first-order valence-electron chi connectivity index (χ1n) is 8.22. The number of nitrogens with one attached hydrogen (secondary N) is 4. The Hall–Kier alpha value is -2.39. The number of piperidine rings is 1. The number of hydrogen-bond donors (Lipinski definition) is 4. The molecule has 4 N–H and O–H groups in total. The van der Waals surface area contributed by atoms with E-state index in [-0.39, 0.29) is 27.5 Å². The molecule has 0 radical (unpaired) electrons. The first-order valence-corrected chi connectivity index (χ1v) is 9.39. The number of aromatic nitrogens is 2. The molecule has 1 saturated heterocycles. The van der Waals surface area contributed by atoms with Crippen LogP contribution in [0.25, 0.3) is 0 Å². The van der Waals surface area contributed by atoms with Gasteiger partial charge in [-0.2, -0.15) is 5.10 Å². The van der Waals surface area contributed by atoms with E-state index in [4.69, 9.17) is 11.6 Å². The Morgan fingerprint density at radius 2 is 2.04 bits per heavy atom. The summed E-state index contributed by atoms with van der Waals surface area (Å²) in [6.45, 7) is 2.26. The molecule has 10 heteroatoms. The normalized spacial score (nSPS) is 19.3. The number of H-pyrrole nitrogens is 1. The minimum absolute atomic E-state index is 0.0315. The summed E-state index contributed by atoms with van der Waals surface area (Å²) in [7, 11) is 0. The maximum atomic E-state index is 12.6. The summed E-state index contributed by atoms with van der Waals surface area (Å²) in [5.41, 5.74) is -0.684. The minimum Gasteiger partial charge on any atom is -0.354 e. The molecule has 1 unspecified atom stereocenters. The highest BCUT2D eigenvalue weighted by Crippen LogP contribution is 2.26. The number of benzene rings is 1. The van der Waals surface area contributed by atoms with Crippen molar-refractivity contribution in [3.05, 3.63) is 45.0 Å². The summed E-state index contributed by atoms with van der Waals surface area (Å²) in [4.78, 5) is 37.0. The lowest BCUT2D eigenvalue weighted by molar-refractivity contribution is -0.128. The largest absolute Gasteiger partial charge is 0.354 e. The number of halogens is 2. The number of rotatable bonds is 4. The van der Waals surface area contributed by atoms with Gasteiger partial charge < -0.3 is 16.0 Å². The fraction of sp³-hybridized carbons (Fsp3) is 0.294. The van der Waals surface area contributed by atoms with E-state index in [0.717, 1.165) is 6.42 Å². The maximum absolute atomic E-state index is 12.6. The molecule has 1 aromatic carbocycles. The molecule has 8 nitrogen and oxygen atoms in total. The molecule has 1 aliphatic heterocycles. The highest BCUT2D eigenvalue weighted by atomic mass is 79.9. The fourth-order valence-corrected chi connectivity index (χ4v) is 3.45. The van der Waals surface area contributed by atoms with Crippen molar-refractivity contribution in [1.82, 2.24) is 20.8 Å². The van der Waals surface area contributed by atoms with Gasteiger partial charge in [0.15, 0.2) is 5.69 Å². The van der Waals surface area contributed by atoms with Gasteiger partial charge in [0.1, 0.15) is 11.4 Å². The Labute approximate surface area is 168 Å². The summed E-state index contributed by atoms with van der Waals surface area (Å²) in [5.74, 6) is -1.00. The smallest absolute Gasteiger partial charge is 0.273 e. The Morgan fingerprint density at radius 3 is 2.74 bits per heavy atom. The number of anilines is 1. The van der Waals surface area contributed by atoms with Gasteiger partial charge in [-0.15, -0.1) is 0 Å². The Bertz CT molecular complexity index is 916. The third-order valence-electron chi connectivity index (χ3n) is 4.31. The minimum atomic E-state index is -1.01. The molecule has 1 atom stereocenters. The Morgan fingerprint density at radius 1 is 1.30 bits per heavy atom. The molecule has 0 aliphatic carbocycles. The van der Waals surface area contributed by atoms with E-state index < -0.39 is 17.4 Å². The van der Waals surface area contributed by atoms with E-state index in [1.165, 1.54) is 0 Å². The summed E-state index contributed by atoms with van der Waals surface area (Å²) in [5, 5.41) is 14.9. The summed E-state index contributed by atoms with van der Waals surface area (Å²) >= 11 is 9.28. The van der Waals surface area contributed by atoms with Crippen LogP contribution < -0.4 is 16.0 Å². The first kappa shape index (κ1) is 19.4. The van der Waals surface area contributed by atoms with Crippen molar-refractivity contribution in [2.75, 3.05) is 11.9 Å². The van der Waals surface area contributed by atoms with Crippen LogP contribution in [0.1, 0.15) is 40.6 Å². The van der Waals surface area contributed by atoms with Crippen LogP contribution in [0.5, 0.6) is 0 Å². The second-order valence-corrected chi connectivity index (χ2v) is 7.54. The van der Waals surface area contributed by atoms with Gasteiger partial charge in [0.2, 0.25) is 5.91 Å². The van der Waals surface area contributed by atoms with Crippen LogP contribution in [0.3, 0.4) is 0 Å². The number of hydrogen-bond acceptors (Lipinski definition) is 4.